The summed E-state index contributed by atoms with van der Waals surface area (Å²) in [5.74, 6) is -0.00351. The van der Waals surface area contributed by atoms with Gasteiger partial charge in [0.15, 0.2) is 0 Å². The largest absolute Gasteiger partial charge is 0.497 e. The molecule has 1 aromatic carbocycles. The molecule has 1 aromatic rings. The van der Waals surface area contributed by atoms with Crippen molar-refractivity contribution in [3.63, 3.8) is 0 Å². The number of rotatable bonds is 6. The molecule has 2 N–H and O–H groups in total. The fourth-order valence-electron chi connectivity index (χ4n) is 2.71. The SMILES string of the molecule is COc1ccc([C@H](NC(=O)C(=O)NC[C@@H]2CCOC2)C(C)C)cc1. The van der Waals surface area contributed by atoms with Crippen molar-refractivity contribution in [2.45, 2.75) is 26.3 Å². The molecule has 0 radical (unpaired) electrons. The first kappa shape index (κ1) is 18.3. The standard InChI is InChI=1S/C18H26N2O4/c1-12(2)16(14-4-6-15(23-3)7-5-14)20-18(22)17(21)19-10-13-8-9-24-11-13/h4-7,12-13,16H,8-11H2,1-3H3,(H,19,21)(H,20,22)/t13-,16+/m0/s1. The Morgan fingerprint density at radius 3 is 2.50 bits per heavy atom. The Morgan fingerprint density at radius 2 is 1.96 bits per heavy atom. The fraction of sp³-hybridized carbons (Fsp3) is 0.556. The van der Waals surface area contributed by atoms with E-state index in [9.17, 15) is 9.59 Å². The van der Waals surface area contributed by atoms with E-state index in [4.69, 9.17) is 9.47 Å². The molecule has 1 fully saturated rings. The first-order valence-electron chi connectivity index (χ1n) is 8.31. The molecule has 1 saturated heterocycles. The molecule has 6 heteroatoms. The first-order valence-corrected chi connectivity index (χ1v) is 8.31. The van der Waals surface area contributed by atoms with Crippen LogP contribution in [0.15, 0.2) is 24.3 Å². The maximum Gasteiger partial charge on any atom is 0.309 e. The van der Waals surface area contributed by atoms with Crippen LogP contribution in [0, 0.1) is 11.8 Å². The predicted molar refractivity (Wildman–Crippen MR) is 90.7 cm³/mol. The molecule has 1 aliphatic heterocycles. The Morgan fingerprint density at radius 1 is 1.25 bits per heavy atom. The Balaban J connectivity index is 1.92. The van der Waals surface area contributed by atoms with Crippen LogP contribution in [0.2, 0.25) is 0 Å². The average molecular weight is 334 g/mol. The molecule has 6 nitrogen and oxygen atoms in total. The highest BCUT2D eigenvalue weighted by atomic mass is 16.5. The number of benzene rings is 1. The van der Waals surface area contributed by atoms with E-state index in [0.29, 0.717) is 19.1 Å². The zero-order chi connectivity index (χ0) is 17.5. The van der Waals surface area contributed by atoms with E-state index in [1.165, 1.54) is 0 Å². The monoisotopic (exact) mass is 334 g/mol. The quantitative estimate of drug-likeness (QED) is 0.776. The van der Waals surface area contributed by atoms with Crippen LogP contribution in [0.1, 0.15) is 31.9 Å². The van der Waals surface area contributed by atoms with Crippen molar-refractivity contribution in [2.24, 2.45) is 11.8 Å². The van der Waals surface area contributed by atoms with Gasteiger partial charge in [0.25, 0.3) is 0 Å². The minimum Gasteiger partial charge on any atom is -0.497 e. The van der Waals surface area contributed by atoms with Crippen LogP contribution in [0.3, 0.4) is 0 Å². The van der Waals surface area contributed by atoms with E-state index in [-0.39, 0.29) is 12.0 Å². The Labute approximate surface area is 142 Å². The number of carbonyl (C=O) groups excluding carboxylic acids is 2. The van der Waals surface area contributed by atoms with Gasteiger partial charge < -0.3 is 20.1 Å². The predicted octanol–water partition coefficient (Wildman–Crippen LogP) is 1.66. The van der Waals surface area contributed by atoms with Crippen molar-refractivity contribution in [1.29, 1.82) is 0 Å². The summed E-state index contributed by atoms with van der Waals surface area (Å²) in [6.07, 6.45) is 0.919. The molecule has 0 bridgehead atoms. The van der Waals surface area contributed by atoms with Crippen LogP contribution in [0.5, 0.6) is 5.75 Å². The van der Waals surface area contributed by atoms with E-state index >= 15 is 0 Å². The van der Waals surface area contributed by atoms with Gasteiger partial charge in [-0.25, -0.2) is 0 Å². The number of ether oxygens (including phenoxy) is 2. The molecule has 0 unspecified atom stereocenters. The van der Waals surface area contributed by atoms with Crippen LogP contribution >= 0.6 is 0 Å². The van der Waals surface area contributed by atoms with Gasteiger partial charge in [0, 0.05) is 19.1 Å². The van der Waals surface area contributed by atoms with Crippen molar-refractivity contribution < 1.29 is 19.1 Å². The Bertz CT molecular complexity index is 551. The van der Waals surface area contributed by atoms with Gasteiger partial charge in [0.1, 0.15) is 5.75 Å². The Kier molecular flexibility index (Phi) is 6.61. The van der Waals surface area contributed by atoms with Gasteiger partial charge in [-0.3, -0.25) is 9.59 Å². The second-order valence-corrected chi connectivity index (χ2v) is 6.41. The molecule has 0 spiro atoms. The summed E-state index contributed by atoms with van der Waals surface area (Å²) < 4.78 is 10.4. The maximum atomic E-state index is 12.2. The van der Waals surface area contributed by atoms with Gasteiger partial charge in [-0.15, -0.1) is 0 Å². The van der Waals surface area contributed by atoms with Crippen LogP contribution in [0.25, 0.3) is 0 Å². The highest BCUT2D eigenvalue weighted by Crippen LogP contribution is 2.23. The summed E-state index contributed by atoms with van der Waals surface area (Å²) in [5, 5.41) is 5.51. The highest BCUT2D eigenvalue weighted by Gasteiger charge is 2.24. The van der Waals surface area contributed by atoms with Crippen molar-refractivity contribution in [1.82, 2.24) is 10.6 Å². The third-order valence-corrected chi connectivity index (χ3v) is 4.21. The Hall–Kier alpha value is -2.08. The smallest absolute Gasteiger partial charge is 0.309 e. The molecule has 2 rings (SSSR count). The number of nitrogens with one attached hydrogen (secondary N) is 2. The number of carbonyl (C=O) groups is 2. The van der Waals surface area contributed by atoms with Crippen molar-refractivity contribution in [3.05, 3.63) is 29.8 Å². The maximum absolute atomic E-state index is 12.2. The van der Waals surface area contributed by atoms with Crippen LogP contribution < -0.4 is 15.4 Å². The first-order chi connectivity index (χ1) is 11.5. The second kappa shape index (κ2) is 8.68. The van der Waals surface area contributed by atoms with Gasteiger partial charge in [0.05, 0.1) is 19.8 Å². The van der Waals surface area contributed by atoms with Gasteiger partial charge in [-0.1, -0.05) is 26.0 Å². The van der Waals surface area contributed by atoms with Crippen LogP contribution in [0.4, 0.5) is 0 Å². The van der Waals surface area contributed by atoms with Gasteiger partial charge in [-0.05, 0) is 30.0 Å². The summed E-state index contributed by atoms with van der Waals surface area (Å²) >= 11 is 0. The van der Waals surface area contributed by atoms with E-state index in [2.05, 4.69) is 10.6 Å². The van der Waals surface area contributed by atoms with Gasteiger partial charge in [0.2, 0.25) is 0 Å². The molecular weight excluding hydrogens is 308 g/mol. The number of hydrogen-bond acceptors (Lipinski definition) is 4. The lowest BCUT2D eigenvalue weighted by molar-refractivity contribution is -0.140. The molecule has 2 atom stereocenters. The summed E-state index contributed by atoms with van der Waals surface area (Å²) in [7, 11) is 1.61. The topological polar surface area (TPSA) is 76.7 Å². The molecule has 1 heterocycles. The normalized spacial score (nSPS) is 18.2. The lowest BCUT2D eigenvalue weighted by Crippen LogP contribution is -2.44. The fourth-order valence-corrected chi connectivity index (χ4v) is 2.71. The van der Waals surface area contributed by atoms with E-state index in [0.717, 1.165) is 24.3 Å². The third-order valence-electron chi connectivity index (χ3n) is 4.21. The van der Waals surface area contributed by atoms with E-state index < -0.39 is 11.8 Å². The van der Waals surface area contributed by atoms with Gasteiger partial charge >= 0.3 is 11.8 Å². The number of methoxy groups -OCH3 is 1. The van der Waals surface area contributed by atoms with Crippen molar-refractivity contribution in [3.8, 4) is 5.75 Å². The zero-order valence-electron chi connectivity index (χ0n) is 14.5. The van der Waals surface area contributed by atoms with Gasteiger partial charge in [-0.2, -0.15) is 0 Å². The minimum atomic E-state index is -0.608. The summed E-state index contributed by atoms with van der Waals surface area (Å²) in [6, 6.07) is 7.26. The zero-order valence-corrected chi connectivity index (χ0v) is 14.5. The number of hydrogen-bond donors (Lipinski definition) is 2. The molecule has 0 saturated carbocycles. The molecule has 2 amide bonds. The summed E-state index contributed by atoms with van der Waals surface area (Å²) in [5.41, 5.74) is 0.941. The molecule has 132 valence electrons. The lowest BCUT2D eigenvalue weighted by atomic mass is 9.96. The lowest BCUT2D eigenvalue weighted by Gasteiger charge is -2.23. The van der Waals surface area contributed by atoms with E-state index in [1.807, 2.05) is 38.1 Å². The molecule has 0 aromatic heterocycles. The third kappa shape index (κ3) is 4.96. The number of amides is 2. The minimum absolute atomic E-state index is 0.151. The van der Waals surface area contributed by atoms with Crippen molar-refractivity contribution in [2.75, 3.05) is 26.9 Å². The molecule has 1 aliphatic rings. The highest BCUT2D eigenvalue weighted by molar-refractivity contribution is 6.35. The van der Waals surface area contributed by atoms with E-state index in [1.54, 1.807) is 7.11 Å². The van der Waals surface area contributed by atoms with Crippen molar-refractivity contribution >= 4 is 11.8 Å². The summed E-state index contributed by atoms with van der Waals surface area (Å²) in [6.45, 7) is 5.84. The summed E-state index contributed by atoms with van der Waals surface area (Å²) in [4.78, 5) is 24.2. The van der Waals surface area contributed by atoms with Crippen LogP contribution in [-0.2, 0) is 14.3 Å². The average Bonchev–Trinajstić information content (AvgIpc) is 3.10. The molecular formula is C18H26N2O4. The second-order valence-electron chi connectivity index (χ2n) is 6.41. The van der Waals surface area contributed by atoms with Crippen LogP contribution in [-0.4, -0.2) is 38.7 Å². The molecule has 24 heavy (non-hydrogen) atoms. The molecule has 0 aliphatic carbocycles.